The third kappa shape index (κ3) is 0.920. The molecule has 1 aromatic heterocycles. The first kappa shape index (κ1) is 6.15. The van der Waals surface area contributed by atoms with Crippen LogP contribution in [-0.2, 0) is 6.54 Å². The molecule has 0 bridgehead atoms. The lowest BCUT2D eigenvalue weighted by Crippen LogP contribution is -2.13. The van der Waals surface area contributed by atoms with Gasteiger partial charge in [-0.1, -0.05) is 23.4 Å². The van der Waals surface area contributed by atoms with Gasteiger partial charge in [0.1, 0.15) is 0 Å². The molecule has 0 saturated carbocycles. The number of allylic oxidation sites excluding steroid dienone is 3. The summed E-state index contributed by atoms with van der Waals surface area (Å²) in [6.45, 7) is 0.532. The summed E-state index contributed by atoms with van der Waals surface area (Å²) in [5.74, 6) is 0.163. The average Bonchev–Trinajstić information content (AvgIpc) is 2.25. The molecule has 0 spiro atoms. The largest absolute Gasteiger partial charge is 0.442 e. The maximum Gasteiger partial charge on any atom is 0.442 e. The molecule has 4 nitrogen and oxygen atoms in total. The van der Waals surface area contributed by atoms with E-state index in [-0.39, 0.29) is 0 Å². The van der Waals surface area contributed by atoms with Crippen LogP contribution in [-0.4, -0.2) is 9.72 Å². The lowest BCUT2D eigenvalue weighted by molar-refractivity contribution is 0.377. The molecular formula is C7H6N2O2. The highest BCUT2D eigenvalue weighted by atomic mass is 16.5. The quantitative estimate of drug-likeness (QED) is 0.538. The van der Waals surface area contributed by atoms with Crippen LogP contribution in [0.25, 0.3) is 6.08 Å². The maximum atomic E-state index is 10.9. The van der Waals surface area contributed by atoms with Crippen LogP contribution in [0.4, 0.5) is 0 Å². The van der Waals surface area contributed by atoms with Gasteiger partial charge in [-0.3, -0.25) is 9.09 Å². The number of hydrogen-bond donors (Lipinski definition) is 0. The molecule has 2 rings (SSSR count). The summed E-state index contributed by atoms with van der Waals surface area (Å²) in [4.78, 5) is 10.9. The number of hydrogen-bond acceptors (Lipinski definition) is 3. The van der Waals surface area contributed by atoms with Crippen LogP contribution in [0.5, 0.6) is 0 Å². The van der Waals surface area contributed by atoms with E-state index < -0.39 is 5.76 Å². The van der Waals surface area contributed by atoms with Gasteiger partial charge in [0.15, 0.2) is 5.82 Å². The second kappa shape index (κ2) is 2.23. The van der Waals surface area contributed by atoms with Crippen molar-refractivity contribution in [3.8, 4) is 0 Å². The van der Waals surface area contributed by atoms with E-state index in [1.165, 1.54) is 4.57 Å². The lowest BCUT2D eigenvalue weighted by atomic mass is 10.4. The minimum absolute atomic E-state index is 0.406. The summed E-state index contributed by atoms with van der Waals surface area (Å²) in [7, 11) is 0. The van der Waals surface area contributed by atoms with Gasteiger partial charge in [-0.2, -0.15) is 0 Å². The standard InChI is InChI=1S/C7H6N2O2/c10-7-9-5-3-1-2-4-6(9)8-11-7/h1-4H,5H2. The molecule has 11 heavy (non-hydrogen) atoms. The van der Waals surface area contributed by atoms with Crippen molar-refractivity contribution in [2.75, 3.05) is 0 Å². The maximum absolute atomic E-state index is 10.9. The highest BCUT2D eigenvalue weighted by Gasteiger charge is 2.06. The van der Waals surface area contributed by atoms with E-state index in [0.717, 1.165) is 0 Å². The van der Waals surface area contributed by atoms with Crippen molar-refractivity contribution in [2.24, 2.45) is 0 Å². The van der Waals surface area contributed by atoms with Crippen LogP contribution >= 0.6 is 0 Å². The molecular weight excluding hydrogens is 144 g/mol. The molecule has 1 aromatic rings. The van der Waals surface area contributed by atoms with Gasteiger partial charge in [0.2, 0.25) is 0 Å². The highest BCUT2D eigenvalue weighted by molar-refractivity contribution is 5.43. The number of aromatic nitrogens is 2. The van der Waals surface area contributed by atoms with Gasteiger partial charge in [-0.05, 0) is 6.08 Å². The summed E-state index contributed by atoms with van der Waals surface area (Å²) in [5, 5.41) is 3.56. The predicted octanol–water partition coefficient (Wildman–Crippen LogP) is 0.419. The van der Waals surface area contributed by atoms with E-state index in [4.69, 9.17) is 0 Å². The van der Waals surface area contributed by atoms with Crippen molar-refractivity contribution in [1.82, 2.24) is 9.72 Å². The minimum atomic E-state index is -0.406. The number of fused-ring (bicyclic) bond motifs is 1. The van der Waals surface area contributed by atoms with Gasteiger partial charge in [0.05, 0.1) is 0 Å². The highest BCUT2D eigenvalue weighted by Crippen LogP contribution is 2.00. The van der Waals surface area contributed by atoms with Gasteiger partial charge in [-0.25, -0.2) is 4.79 Å². The van der Waals surface area contributed by atoms with E-state index in [0.29, 0.717) is 12.4 Å². The van der Waals surface area contributed by atoms with Crippen molar-refractivity contribution in [2.45, 2.75) is 6.54 Å². The zero-order valence-corrected chi connectivity index (χ0v) is 5.73. The first-order chi connectivity index (χ1) is 5.38. The Labute approximate surface area is 62.4 Å². The monoisotopic (exact) mass is 150 g/mol. The molecule has 0 N–H and O–H groups in total. The molecule has 0 aromatic carbocycles. The van der Waals surface area contributed by atoms with Gasteiger partial charge >= 0.3 is 5.76 Å². The molecule has 56 valence electrons. The summed E-state index contributed by atoms with van der Waals surface area (Å²) < 4.78 is 5.90. The van der Waals surface area contributed by atoms with E-state index in [2.05, 4.69) is 9.68 Å². The smallest absolute Gasteiger partial charge is 0.295 e. The van der Waals surface area contributed by atoms with Crippen LogP contribution in [0.3, 0.4) is 0 Å². The Morgan fingerprint density at radius 2 is 2.45 bits per heavy atom. The average molecular weight is 150 g/mol. The van der Waals surface area contributed by atoms with Gasteiger partial charge in [0.25, 0.3) is 0 Å². The zero-order chi connectivity index (χ0) is 7.68. The van der Waals surface area contributed by atoms with Crippen molar-refractivity contribution in [3.05, 3.63) is 34.6 Å². The Kier molecular flexibility index (Phi) is 1.25. The second-order valence-electron chi connectivity index (χ2n) is 2.20. The molecule has 4 heteroatoms. The SMILES string of the molecule is O=c1onc2n1CC=CC=C2. The molecule has 1 aliphatic heterocycles. The normalized spacial score (nSPS) is 14.5. The summed E-state index contributed by atoms with van der Waals surface area (Å²) >= 11 is 0. The number of rotatable bonds is 0. The van der Waals surface area contributed by atoms with Crippen molar-refractivity contribution in [3.63, 3.8) is 0 Å². The Balaban J connectivity index is 2.64. The molecule has 0 amide bonds. The lowest BCUT2D eigenvalue weighted by Gasteiger charge is -1.91. The van der Waals surface area contributed by atoms with Crippen molar-refractivity contribution >= 4 is 6.08 Å². The molecule has 0 unspecified atom stereocenters. The predicted molar refractivity (Wildman–Crippen MR) is 38.9 cm³/mol. The van der Waals surface area contributed by atoms with Crippen LogP contribution in [0.15, 0.2) is 27.5 Å². The zero-order valence-electron chi connectivity index (χ0n) is 5.73. The van der Waals surface area contributed by atoms with E-state index in [1.807, 2.05) is 18.2 Å². The summed E-state index contributed by atoms with van der Waals surface area (Å²) in [6, 6.07) is 0. The van der Waals surface area contributed by atoms with Crippen molar-refractivity contribution < 1.29 is 4.52 Å². The van der Waals surface area contributed by atoms with Crippen LogP contribution < -0.4 is 5.76 Å². The minimum Gasteiger partial charge on any atom is -0.295 e. The van der Waals surface area contributed by atoms with Crippen molar-refractivity contribution in [1.29, 1.82) is 0 Å². The van der Waals surface area contributed by atoms with Gasteiger partial charge < -0.3 is 0 Å². The van der Waals surface area contributed by atoms with Crippen LogP contribution in [0.1, 0.15) is 5.82 Å². The van der Waals surface area contributed by atoms with Gasteiger partial charge in [0, 0.05) is 6.54 Å². The third-order valence-electron chi connectivity index (χ3n) is 1.49. The molecule has 0 atom stereocenters. The number of nitrogens with zero attached hydrogens (tertiary/aromatic N) is 2. The van der Waals surface area contributed by atoms with E-state index in [9.17, 15) is 4.79 Å². The summed E-state index contributed by atoms with van der Waals surface area (Å²) in [6.07, 6.45) is 7.29. The van der Waals surface area contributed by atoms with Crippen LogP contribution in [0, 0.1) is 0 Å². The Morgan fingerprint density at radius 1 is 1.55 bits per heavy atom. The molecule has 1 aliphatic rings. The second-order valence-corrected chi connectivity index (χ2v) is 2.20. The third-order valence-corrected chi connectivity index (χ3v) is 1.49. The fourth-order valence-corrected chi connectivity index (χ4v) is 0.953. The molecule has 0 saturated heterocycles. The molecule has 0 aliphatic carbocycles. The van der Waals surface area contributed by atoms with E-state index in [1.54, 1.807) is 6.08 Å². The fourth-order valence-electron chi connectivity index (χ4n) is 0.953. The Morgan fingerprint density at radius 3 is 3.36 bits per heavy atom. The Bertz CT molecular complexity index is 370. The van der Waals surface area contributed by atoms with Gasteiger partial charge in [-0.15, -0.1) is 0 Å². The molecule has 2 heterocycles. The fraction of sp³-hybridized carbons (Fsp3) is 0.143. The first-order valence-electron chi connectivity index (χ1n) is 3.27. The van der Waals surface area contributed by atoms with E-state index >= 15 is 0 Å². The van der Waals surface area contributed by atoms with Crippen LogP contribution in [0.2, 0.25) is 0 Å². The molecule has 0 radical (unpaired) electrons. The summed E-state index contributed by atoms with van der Waals surface area (Å²) in [5.41, 5.74) is 0. The topological polar surface area (TPSA) is 48.0 Å². The first-order valence-corrected chi connectivity index (χ1v) is 3.27. The molecule has 0 fully saturated rings. The Hall–Kier alpha value is -1.58.